The summed E-state index contributed by atoms with van der Waals surface area (Å²) in [6, 6.07) is 4.26. The Kier molecular flexibility index (Phi) is 6.47. The molecule has 1 aromatic rings. The number of anilines is 1. The zero-order chi connectivity index (χ0) is 27.4. The Labute approximate surface area is 222 Å². The second kappa shape index (κ2) is 9.39. The highest BCUT2D eigenvalue weighted by molar-refractivity contribution is 6.25. The van der Waals surface area contributed by atoms with E-state index in [0.29, 0.717) is 18.8 Å². The molecule has 0 bridgehead atoms. The van der Waals surface area contributed by atoms with Gasteiger partial charge in [-0.2, -0.15) is 0 Å². The number of carbonyl (C=O) groups excluding carboxylic acids is 4. The molecule has 204 valence electrons. The first kappa shape index (κ1) is 26.2. The quantitative estimate of drug-likeness (QED) is 0.515. The molecule has 10 heteroatoms. The van der Waals surface area contributed by atoms with Gasteiger partial charge in [-0.15, -0.1) is 0 Å². The Morgan fingerprint density at radius 1 is 1.05 bits per heavy atom. The Morgan fingerprint density at radius 2 is 1.76 bits per heavy atom. The van der Waals surface area contributed by atoms with E-state index in [-0.39, 0.29) is 46.8 Å². The predicted molar refractivity (Wildman–Crippen MR) is 139 cm³/mol. The molecule has 38 heavy (non-hydrogen) atoms. The normalized spacial score (nSPS) is 29.9. The topological polar surface area (TPSA) is 136 Å². The van der Waals surface area contributed by atoms with E-state index < -0.39 is 35.8 Å². The van der Waals surface area contributed by atoms with Crippen molar-refractivity contribution in [2.24, 2.45) is 16.7 Å². The molecular weight excluding hydrogens is 488 g/mol. The van der Waals surface area contributed by atoms with E-state index in [1.54, 1.807) is 23.1 Å². The third kappa shape index (κ3) is 4.43. The summed E-state index contributed by atoms with van der Waals surface area (Å²) in [4.78, 5) is 64.8. The number of carboxylic acid groups (broad SMARTS) is 1. The van der Waals surface area contributed by atoms with E-state index in [0.717, 1.165) is 37.0 Å². The molecule has 5 amide bonds. The maximum absolute atomic E-state index is 13.4. The van der Waals surface area contributed by atoms with Crippen LogP contribution in [-0.2, 0) is 9.59 Å². The van der Waals surface area contributed by atoms with Crippen LogP contribution in [0.4, 0.5) is 10.5 Å². The van der Waals surface area contributed by atoms with Crippen LogP contribution in [0.15, 0.2) is 18.2 Å². The van der Waals surface area contributed by atoms with Crippen molar-refractivity contribution < 1.29 is 29.1 Å². The average Bonchev–Trinajstić information content (AvgIpc) is 3.11. The van der Waals surface area contributed by atoms with E-state index >= 15 is 0 Å². The van der Waals surface area contributed by atoms with Crippen LogP contribution >= 0.6 is 0 Å². The predicted octanol–water partition coefficient (Wildman–Crippen LogP) is 3.47. The van der Waals surface area contributed by atoms with Crippen LogP contribution in [0.1, 0.15) is 86.4 Å². The number of rotatable bonds is 3. The first-order valence-electron chi connectivity index (χ1n) is 13.5. The van der Waals surface area contributed by atoms with Crippen molar-refractivity contribution in [2.75, 3.05) is 18.4 Å². The molecule has 3 heterocycles. The molecule has 2 unspecified atom stereocenters. The number of likely N-dealkylation sites (tertiary alicyclic amines) is 1. The van der Waals surface area contributed by atoms with Gasteiger partial charge in [0.1, 0.15) is 6.04 Å². The number of hydrogen-bond donors (Lipinski definition) is 3. The maximum atomic E-state index is 13.4. The Balaban J connectivity index is 1.31. The lowest BCUT2D eigenvalue weighted by molar-refractivity contribution is -0.136. The van der Waals surface area contributed by atoms with Crippen molar-refractivity contribution in [3.8, 4) is 0 Å². The third-order valence-electron chi connectivity index (χ3n) is 9.15. The fourth-order valence-electron chi connectivity index (χ4n) is 7.19. The van der Waals surface area contributed by atoms with Crippen LogP contribution in [0.2, 0.25) is 0 Å². The van der Waals surface area contributed by atoms with Crippen LogP contribution in [0.3, 0.4) is 0 Å². The van der Waals surface area contributed by atoms with Crippen molar-refractivity contribution in [3.05, 3.63) is 29.3 Å². The lowest BCUT2D eigenvalue weighted by Gasteiger charge is -2.55. The number of benzene rings is 1. The highest BCUT2D eigenvalue weighted by Gasteiger charge is 2.50. The van der Waals surface area contributed by atoms with Gasteiger partial charge in [-0.1, -0.05) is 26.8 Å². The Hall–Kier alpha value is -3.43. The molecule has 1 aromatic carbocycles. The summed E-state index contributed by atoms with van der Waals surface area (Å²) in [5, 5.41) is 15.3. The Morgan fingerprint density at radius 3 is 2.39 bits per heavy atom. The van der Waals surface area contributed by atoms with Gasteiger partial charge < -0.3 is 15.3 Å². The fourth-order valence-corrected chi connectivity index (χ4v) is 7.19. The molecule has 3 N–H and O–H groups in total. The van der Waals surface area contributed by atoms with Gasteiger partial charge >= 0.3 is 6.09 Å². The smallest absolute Gasteiger partial charge is 0.407 e. The summed E-state index contributed by atoms with van der Waals surface area (Å²) in [6.07, 6.45) is 3.88. The second-order valence-corrected chi connectivity index (χ2v) is 12.4. The number of nitrogens with one attached hydrogen (secondary N) is 2. The first-order chi connectivity index (χ1) is 17.9. The first-order valence-corrected chi connectivity index (χ1v) is 13.5. The number of amides is 5. The van der Waals surface area contributed by atoms with Crippen molar-refractivity contribution >= 4 is 35.4 Å². The molecule has 10 nitrogen and oxygen atoms in total. The molecule has 1 spiro atoms. The molecule has 2 saturated heterocycles. The number of carbonyl (C=O) groups is 5. The number of hydrogen-bond acceptors (Lipinski definition) is 6. The highest BCUT2D eigenvalue weighted by Crippen LogP contribution is 2.54. The molecule has 3 aliphatic heterocycles. The van der Waals surface area contributed by atoms with Crippen LogP contribution < -0.4 is 10.6 Å². The summed E-state index contributed by atoms with van der Waals surface area (Å²) in [7, 11) is 0. The highest BCUT2D eigenvalue weighted by atomic mass is 16.4. The summed E-state index contributed by atoms with van der Waals surface area (Å²) in [5.74, 6) is -1.79. The van der Waals surface area contributed by atoms with Gasteiger partial charge in [-0.25, -0.2) is 4.79 Å². The van der Waals surface area contributed by atoms with Gasteiger partial charge in [0.2, 0.25) is 11.8 Å². The van der Waals surface area contributed by atoms with Gasteiger partial charge in [0.15, 0.2) is 0 Å². The zero-order valence-electron chi connectivity index (χ0n) is 22.2. The van der Waals surface area contributed by atoms with E-state index in [4.69, 9.17) is 0 Å². The van der Waals surface area contributed by atoms with Gasteiger partial charge in [-0.05, 0) is 67.4 Å². The summed E-state index contributed by atoms with van der Waals surface area (Å²) < 4.78 is 0. The molecule has 4 aliphatic rings. The minimum absolute atomic E-state index is 0.0269. The zero-order valence-corrected chi connectivity index (χ0v) is 22.2. The number of piperidine rings is 2. The SMILES string of the molecule is CC(C)(C)C1CN(C(=O)O)CCC12CCC(Nc1cccc3c1C(=O)N(C1CCC(=O)NC1=O)C3=O)CC2. The van der Waals surface area contributed by atoms with Gasteiger partial charge in [-0.3, -0.25) is 29.4 Å². The molecule has 3 fully saturated rings. The Bertz CT molecular complexity index is 1200. The minimum atomic E-state index is -0.992. The fraction of sp³-hybridized carbons (Fsp3) is 0.607. The second-order valence-electron chi connectivity index (χ2n) is 12.4. The number of nitrogens with zero attached hydrogens (tertiary/aromatic N) is 2. The molecule has 2 atom stereocenters. The lowest BCUT2D eigenvalue weighted by atomic mass is 9.55. The maximum Gasteiger partial charge on any atom is 0.407 e. The molecule has 0 aromatic heterocycles. The summed E-state index contributed by atoms with van der Waals surface area (Å²) in [6.45, 7) is 7.69. The third-order valence-corrected chi connectivity index (χ3v) is 9.15. The molecule has 0 radical (unpaired) electrons. The van der Waals surface area contributed by atoms with E-state index in [2.05, 4.69) is 31.4 Å². The molecule has 1 saturated carbocycles. The van der Waals surface area contributed by atoms with Gasteiger partial charge in [0.25, 0.3) is 11.8 Å². The van der Waals surface area contributed by atoms with Crippen LogP contribution in [-0.4, -0.2) is 69.8 Å². The standard InChI is InChI=1S/C28H36N4O6/c1-27(2,3)20-15-31(26(37)38)14-13-28(20)11-9-16(10-12-28)29-18-6-4-5-17-22(18)25(36)32(24(17)35)19-7-8-21(33)30-23(19)34/h4-6,16,19-20,29H,7-15H2,1-3H3,(H,37,38)(H,30,33,34). The number of fused-ring (bicyclic) bond motifs is 1. The largest absolute Gasteiger partial charge is 0.465 e. The van der Waals surface area contributed by atoms with Crippen molar-refractivity contribution in [2.45, 2.75) is 77.8 Å². The van der Waals surface area contributed by atoms with Crippen LogP contribution in [0, 0.1) is 16.7 Å². The lowest BCUT2D eigenvalue weighted by Crippen LogP contribution is -2.55. The molecule has 1 aliphatic carbocycles. The summed E-state index contributed by atoms with van der Waals surface area (Å²) >= 11 is 0. The minimum Gasteiger partial charge on any atom is -0.465 e. The monoisotopic (exact) mass is 524 g/mol. The number of imide groups is 2. The van der Waals surface area contributed by atoms with E-state index in [1.807, 2.05) is 0 Å². The van der Waals surface area contributed by atoms with Crippen LogP contribution in [0.5, 0.6) is 0 Å². The van der Waals surface area contributed by atoms with Gasteiger partial charge in [0.05, 0.1) is 11.1 Å². The van der Waals surface area contributed by atoms with Crippen molar-refractivity contribution in [1.29, 1.82) is 0 Å². The van der Waals surface area contributed by atoms with Crippen molar-refractivity contribution in [3.63, 3.8) is 0 Å². The molecule has 5 rings (SSSR count). The van der Waals surface area contributed by atoms with Gasteiger partial charge in [0, 0.05) is 31.2 Å². The van der Waals surface area contributed by atoms with E-state index in [9.17, 15) is 29.1 Å². The van der Waals surface area contributed by atoms with Crippen LogP contribution in [0.25, 0.3) is 0 Å². The molecular formula is C28H36N4O6. The average molecular weight is 525 g/mol. The summed E-state index contributed by atoms with van der Waals surface area (Å²) in [5.41, 5.74) is 1.19. The van der Waals surface area contributed by atoms with E-state index in [1.165, 1.54) is 0 Å². The van der Waals surface area contributed by atoms with Crippen molar-refractivity contribution in [1.82, 2.24) is 15.1 Å².